The first kappa shape index (κ1) is 15.2. The van der Waals surface area contributed by atoms with Gasteiger partial charge >= 0.3 is 0 Å². The predicted octanol–water partition coefficient (Wildman–Crippen LogP) is 2.14. The third-order valence-electron chi connectivity index (χ3n) is 3.22. The summed E-state index contributed by atoms with van der Waals surface area (Å²) in [4.78, 5) is 11.7. The molecule has 0 radical (unpaired) electrons. The van der Waals surface area contributed by atoms with Crippen LogP contribution in [0.5, 0.6) is 0 Å². The Bertz CT molecular complexity index is 611. The number of hydrogen-bond acceptors (Lipinski definition) is 3. The van der Waals surface area contributed by atoms with Crippen LogP contribution in [0.15, 0.2) is 17.2 Å². The third-order valence-corrected chi connectivity index (χ3v) is 4.54. The summed E-state index contributed by atoms with van der Waals surface area (Å²) in [7, 11) is 1.29. The van der Waals surface area contributed by atoms with Crippen molar-refractivity contribution in [3.8, 4) is 0 Å². The van der Waals surface area contributed by atoms with E-state index in [1.165, 1.54) is 10.8 Å². The zero-order valence-corrected chi connectivity index (χ0v) is 11.9. The van der Waals surface area contributed by atoms with Crippen LogP contribution in [0.2, 0.25) is 0 Å². The van der Waals surface area contributed by atoms with Gasteiger partial charge in [-0.15, -0.1) is 0 Å². The van der Waals surface area contributed by atoms with E-state index in [2.05, 4.69) is 5.32 Å². The maximum Gasteiger partial charge on any atom is 0.268 e. The largest absolute Gasteiger partial charge is 0.345 e. The van der Waals surface area contributed by atoms with Crippen LogP contribution in [-0.2, 0) is 9.05 Å². The van der Waals surface area contributed by atoms with Gasteiger partial charge < -0.3 is 9.88 Å². The molecule has 0 aliphatic heterocycles. The van der Waals surface area contributed by atoms with Crippen LogP contribution in [-0.4, -0.2) is 31.9 Å². The number of rotatable bonds is 5. The first-order valence-corrected chi connectivity index (χ1v) is 8.33. The molecule has 1 fully saturated rings. The van der Waals surface area contributed by atoms with Crippen LogP contribution in [0.4, 0.5) is 8.78 Å². The van der Waals surface area contributed by atoms with Crippen molar-refractivity contribution in [3.63, 3.8) is 0 Å². The fraction of sp³-hybridized carbons (Fsp3) is 0.545. The highest BCUT2D eigenvalue weighted by atomic mass is 35.7. The second-order valence-electron chi connectivity index (χ2n) is 4.59. The number of nitrogens with one attached hydrogen (secondary N) is 1. The van der Waals surface area contributed by atoms with Crippen LogP contribution in [0.1, 0.15) is 35.8 Å². The minimum absolute atomic E-state index is 0.00877. The van der Waals surface area contributed by atoms with Crippen molar-refractivity contribution in [2.75, 3.05) is 6.54 Å². The number of carbonyl (C=O) groups excluding carboxylic acids is 1. The molecule has 1 aromatic rings. The van der Waals surface area contributed by atoms with E-state index in [9.17, 15) is 22.0 Å². The Labute approximate surface area is 119 Å². The van der Waals surface area contributed by atoms with Gasteiger partial charge in [-0.05, 0) is 25.3 Å². The molecular formula is C11H13ClF2N2O3S. The van der Waals surface area contributed by atoms with Crippen molar-refractivity contribution in [2.45, 2.75) is 36.6 Å². The summed E-state index contributed by atoms with van der Waals surface area (Å²) >= 11 is 0. The number of nitrogens with zero attached hydrogens (tertiary/aromatic N) is 1. The van der Waals surface area contributed by atoms with Gasteiger partial charge in [-0.3, -0.25) is 4.79 Å². The Balaban J connectivity index is 2.29. The smallest absolute Gasteiger partial charge is 0.268 e. The highest BCUT2D eigenvalue weighted by Gasteiger charge is 2.27. The Morgan fingerprint density at radius 1 is 1.50 bits per heavy atom. The van der Waals surface area contributed by atoms with Gasteiger partial charge in [-0.1, -0.05) is 0 Å². The van der Waals surface area contributed by atoms with Gasteiger partial charge in [0.1, 0.15) is 10.6 Å². The maximum absolute atomic E-state index is 12.1. The molecular weight excluding hydrogens is 314 g/mol. The molecule has 112 valence electrons. The van der Waals surface area contributed by atoms with Crippen LogP contribution >= 0.6 is 10.7 Å². The Kier molecular flexibility index (Phi) is 4.33. The van der Waals surface area contributed by atoms with Gasteiger partial charge in [0.2, 0.25) is 0 Å². The highest BCUT2D eigenvalue weighted by molar-refractivity contribution is 8.13. The second kappa shape index (κ2) is 5.69. The van der Waals surface area contributed by atoms with Gasteiger partial charge in [-0.25, -0.2) is 17.2 Å². The normalized spacial score (nSPS) is 16.2. The maximum atomic E-state index is 12.1. The third kappa shape index (κ3) is 3.29. The molecule has 5 nitrogen and oxygen atoms in total. The van der Waals surface area contributed by atoms with Gasteiger partial charge in [0.05, 0.1) is 6.54 Å². The van der Waals surface area contributed by atoms with Crippen molar-refractivity contribution in [3.05, 3.63) is 18.0 Å². The van der Waals surface area contributed by atoms with Crippen LogP contribution < -0.4 is 5.32 Å². The van der Waals surface area contributed by atoms with E-state index in [0.717, 1.165) is 25.3 Å². The topological polar surface area (TPSA) is 68.2 Å². The molecule has 1 amide bonds. The number of aromatic nitrogens is 1. The van der Waals surface area contributed by atoms with Crippen molar-refractivity contribution in [2.24, 2.45) is 0 Å². The summed E-state index contributed by atoms with van der Waals surface area (Å²) in [5.41, 5.74) is 0.0366. The highest BCUT2D eigenvalue weighted by Crippen LogP contribution is 2.34. The van der Waals surface area contributed by atoms with Crippen molar-refractivity contribution in [1.29, 1.82) is 0 Å². The minimum Gasteiger partial charge on any atom is -0.345 e. The van der Waals surface area contributed by atoms with Crippen LogP contribution in [0.3, 0.4) is 0 Å². The first-order valence-electron chi connectivity index (χ1n) is 6.02. The molecule has 2 rings (SSSR count). The average molecular weight is 327 g/mol. The molecule has 1 N–H and O–H groups in total. The molecule has 20 heavy (non-hydrogen) atoms. The van der Waals surface area contributed by atoms with E-state index in [-0.39, 0.29) is 16.6 Å². The number of halogens is 3. The summed E-state index contributed by atoms with van der Waals surface area (Å²) < 4.78 is 48.3. The zero-order chi connectivity index (χ0) is 14.9. The van der Waals surface area contributed by atoms with Crippen LogP contribution in [0.25, 0.3) is 0 Å². The fourth-order valence-corrected chi connectivity index (χ4v) is 2.74. The second-order valence-corrected chi connectivity index (χ2v) is 7.16. The van der Waals surface area contributed by atoms with E-state index >= 15 is 0 Å². The number of alkyl halides is 2. The Hall–Kier alpha value is -1.15. The molecule has 0 aromatic carbocycles. The lowest BCUT2D eigenvalue weighted by molar-refractivity contribution is 0.0877. The Morgan fingerprint density at radius 2 is 2.15 bits per heavy atom. The standard InChI is InChI=1S/C11H13ClF2N2O3S/c12-20(18,19)8-4-9(11(17)15-5-10(13)14)16(6-8)7-2-1-3-7/h4,6-7,10H,1-3,5H2,(H,15,17). The lowest BCUT2D eigenvalue weighted by atomic mass is 9.93. The van der Waals surface area contributed by atoms with E-state index in [0.29, 0.717) is 0 Å². The molecule has 1 heterocycles. The number of carbonyl (C=O) groups is 1. The summed E-state index contributed by atoms with van der Waals surface area (Å²) in [5.74, 6) is -0.733. The molecule has 0 atom stereocenters. The number of hydrogen-bond donors (Lipinski definition) is 1. The molecule has 0 unspecified atom stereocenters. The monoisotopic (exact) mass is 326 g/mol. The number of amides is 1. The van der Waals surface area contributed by atoms with Crippen molar-refractivity contribution in [1.82, 2.24) is 9.88 Å². The molecule has 1 aromatic heterocycles. The lowest BCUT2D eigenvalue weighted by Crippen LogP contribution is -2.31. The molecule has 9 heteroatoms. The minimum atomic E-state index is -3.96. The summed E-state index contributed by atoms with van der Waals surface area (Å²) in [6, 6.07) is 1.12. The van der Waals surface area contributed by atoms with E-state index < -0.39 is 27.9 Å². The quantitative estimate of drug-likeness (QED) is 0.843. The SMILES string of the molecule is O=C(NCC(F)F)c1cc(S(=O)(=O)Cl)cn1C1CCC1. The summed E-state index contributed by atoms with van der Waals surface area (Å²) in [6.07, 6.45) is 1.21. The molecule has 1 aliphatic rings. The van der Waals surface area contributed by atoms with Crippen molar-refractivity contribution >= 4 is 25.6 Å². The van der Waals surface area contributed by atoms with Gasteiger partial charge in [0.15, 0.2) is 0 Å². The molecule has 0 spiro atoms. The molecule has 0 bridgehead atoms. The van der Waals surface area contributed by atoms with E-state index in [4.69, 9.17) is 10.7 Å². The van der Waals surface area contributed by atoms with E-state index in [1.54, 1.807) is 0 Å². The van der Waals surface area contributed by atoms with E-state index in [1.807, 2.05) is 0 Å². The average Bonchev–Trinajstić information content (AvgIpc) is 2.67. The van der Waals surface area contributed by atoms with Crippen LogP contribution in [0, 0.1) is 0 Å². The predicted molar refractivity (Wildman–Crippen MR) is 68.7 cm³/mol. The zero-order valence-electron chi connectivity index (χ0n) is 10.4. The lowest BCUT2D eigenvalue weighted by Gasteiger charge is -2.28. The van der Waals surface area contributed by atoms with Gasteiger partial charge in [-0.2, -0.15) is 0 Å². The first-order chi connectivity index (χ1) is 9.29. The fourth-order valence-electron chi connectivity index (χ4n) is 2.00. The van der Waals surface area contributed by atoms with Gasteiger partial charge in [0, 0.05) is 22.9 Å². The van der Waals surface area contributed by atoms with Gasteiger partial charge in [0.25, 0.3) is 21.4 Å². The summed E-state index contributed by atoms with van der Waals surface area (Å²) in [5, 5.41) is 2.06. The summed E-state index contributed by atoms with van der Waals surface area (Å²) in [6.45, 7) is -0.780. The van der Waals surface area contributed by atoms with Crippen molar-refractivity contribution < 1.29 is 22.0 Å². The molecule has 1 aliphatic carbocycles. The molecule has 0 saturated heterocycles. The molecule has 1 saturated carbocycles. The Morgan fingerprint density at radius 3 is 2.60 bits per heavy atom.